The van der Waals surface area contributed by atoms with Crippen LogP contribution in [0.1, 0.15) is 34.1 Å². The van der Waals surface area contributed by atoms with Crippen molar-refractivity contribution in [2.45, 2.75) is 34.1 Å². The van der Waals surface area contributed by atoms with Gasteiger partial charge in [0.25, 0.3) is 0 Å². The maximum atomic E-state index is 3.87. The van der Waals surface area contributed by atoms with Crippen molar-refractivity contribution in [2.75, 3.05) is 19.6 Å². The molecule has 1 nitrogen and oxygen atoms in total. The highest BCUT2D eigenvalue weighted by molar-refractivity contribution is 5.25. The van der Waals surface area contributed by atoms with Crippen molar-refractivity contribution >= 4 is 0 Å². The molecular weight excluding hydrogens is 182 g/mol. The highest BCUT2D eigenvalue weighted by Crippen LogP contribution is 2.04. The van der Waals surface area contributed by atoms with E-state index < -0.39 is 0 Å². The molecule has 86 valence electrons. The minimum atomic E-state index is 1.05. The summed E-state index contributed by atoms with van der Waals surface area (Å²) in [5.41, 5.74) is 2.47. The molecule has 0 aliphatic carbocycles. The van der Waals surface area contributed by atoms with Gasteiger partial charge in [-0.25, -0.2) is 0 Å². The lowest BCUT2D eigenvalue weighted by atomic mass is 10.2. The summed E-state index contributed by atoms with van der Waals surface area (Å²) in [4.78, 5) is 2.46. The van der Waals surface area contributed by atoms with Crippen molar-refractivity contribution in [3.63, 3.8) is 0 Å². The van der Waals surface area contributed by atoms with Crippen molar-refractivity contribution in [1.29, 1.82) is 0 Å². The molecule has 0 bridgehead atoms. The molecule has 0 radical (unpaired) electrons. The number of hydrogen-bond donors (Lipinski definition) is 0. The zero-order valence-corrected chi connectivity index (χ0v) is 10.7. The fraction of sp³-hybridized carbons (Fsp3) is 0.571. The predicted octanol–water partition coefficient (Wildman–Crippen LogP) is 3.80. The van der Waals surface area contributed by atoms with E-state index in [9.17, 15) is 0 Å². The number of allylic oxidation sites excluding steroid dienone is 3. The summed E-state index contributed by atoms with van der Waals surface area (Å²) < 4.78 is 0. The van der Waals surface area contributed by atoms with Gasteiger partial charge in [0.15, 0.2) is 0 Å². The second-order valence-corrected chi connectivity index (χ2v) is 3.91. The van der Waals surface area contributed by atoms with E-state index >= 15 is 0 Å². The van der Waals surface area contributed by atoms with Crippen LogP contribution >= 0.6 is 0 Å². The van der Waals surface area contributed by atoms with E-state index in [4.69, 9.17) is 0 Å². The van der Waals surface area contributed by atoms with Crippen LogP contribution in [0.5, 0.6) is 0 Å². The molecule has 0 fully saturated rings. The van der Waals surface area contributed by atoms with E-state index in [0.29, 0.717) is 0 Å². The Balaban J connectivity index is 4.25. The molecule has 1 heteroatoms. The van der Waals surface area contributed by atoms with Gasteiger partial charge in [-0.15, -0.1) is 0 Å². The quantitative estimate of drug-likeness (QED) is 0.574. The summed E-state index contributed by atoms with van der Waals surface area (Å²) in [7, 11) is 0. The topological polar surface area (TPSA) is 3.24 Å². The first kappa shape index (κ1) is 14.2. The normalized spacial score (nSPS) is 12.7. The fourth-order valence-corrected chi connectivity index (χ4v) is 1.41. The Kier molecular flexibility index (Phi) is 8.02. The van der Waals surface area contributed by atoms with Crippen LogP contribution in [-0.4, -0.2) is 24.5 Å². The first-order chi connectivity index (χ1) is 7.13. The zero-order chi connectivity index (χ0) is 11.7. The van der Waals surface area contributed by atoms with Crippen LogP contribution in [0.15, 0.2) is 36.0 Å². The van der Waals surface area contributed by atoms with Crippen LogP contribution in [0.25, 0.3) is 0 Å². The van der Waals surface area contributed by atoms with Crippen LogP contribution < -0.4 is 0 Å². The van der Waals surface area contributed by atoms with Gasteiger partial charge >= 0.3 is 0 Å². The maximum Gasteiger partial charge on any atom is 0.0230 e. The Hall–Kier alpha value is -0.820. The summed E-state index contributed by atoms with van der Waals surface area (Å²) in [6, 6.07) is 0. The molecule has 15 heavy (non-hydrogen) atoms. The van der Waals surface area contributed by atoms with Gasteiger partial charge in [0, 0.05) is 6.54 Å². The zero-order valence-electron chi connectivity index (χ0n) is 10.7. The Labute approximate surface area is 95.2 Å². The van der Waals surface area contributed by atoms with E-state index in [2.05, 4.69) is 50.5 Å². The number of likely N-dealkylation sites (N-methyl/N-ethyl adjacent to an activating group) is 1. The third-order valence-corrected chi connectivity index (χ3v) is 2.35. The Morgan fingerprint density at radius 3 is 2.33 bits per heavy atom. The minimum Gasteiger partial charge on any atom is -0.299 e. The van der Waals surface area contributed by atoms with Crippen molar-refractivity contribution in [1.82, 2.24) is 4.90 Å². The Morgan fingerprint density at radius 2 is 1.93 bits per heavy atom. The number of rotatable bonds is 7. The second-order valence-electron chi connectivity index (χ2n) is 3.91. The highest BCUT2D eigenvalue weighted by atomic mass is 15.1. The van der Waals surface area contributed by atoms with E-state index in [1.165, 1.54) is 18.5 Å². The lowest BCUT2D eigenvalue weighted by Crippen LogP contribution is -2.26. The van der Waals surface area contributed by atoms with E-state index in [1.54, 1.807) is 0 Å². The molecule has 0 aromatic rings. The lowest BCUT2D eigenvalue weighted by Gasteiger charge is -2.19. The third-order valence-electron chi connectivity index (χ3n) is 2.35. The minimum absolute atomic E-state index is 1.05. The van der Waals surface area contributed by atoms with Crippen LogP contribution in [0, 0.1) is 0 Å². The van der Waals surface area contributed by atoms with Gasteiger partial charge in [0.2, 0.25) is 0 Å². The van der Waals surface area contributed by atoms with E-state index in [0.717, 1.165) is 18.7 Å². The monoisotopic (exact) mass is 207 g/mol. The van der Waals surface area contributed by atoms with Gasteiger partial charge in [-0.05, 0) is 38.9 Å². The van der Waals surface area contributed by atoms with Crippen LogP contribution in [0.4, 0.5) is 0 Å². The molecule has 0 unspecified atom stereocenters. The van der Waals surface area contributed by atoms with Gasteiger partial charge in [0.1, 0.15) is 0 Å². The fourth-order valence-electron chi connectivity index (χ4n) is 1.41. The van der Waals surface area contributed by atoms with Gasteiger partial charge in [-0.1, -0.05) is 44.2 Å². The highest BCUT2D eigenvalue weighted by Gasteiger charge is 2.01. The van der Waals surface area contributed by atoms with Crippen molar-refractivity contribution in [3.05, 3.63) is 36.0 Å². The molecule has 0 N–H and O–H groups in total. The van der Waals surface area contributed by atoms with Crippen molar-refractivity contribution in [2.24, 2.45) is 0 Å². The summed E-state index contributed by atoms with van der Waals surface area (Å²) in [6.07, 6.45) is 7.64. The average Bonchev–Trinajstić information content (AvgIpc) is 2.22. The maximum absolute atomic E-state index is 3.87. The molecule has 0 aromatic carbocycles. The molecule has 0 aliphatic heterocycles. The summed E-state index contributed by atoms with van der Waals surface area (Å²) in [6.45, 7) is 15.8. The van der Waals surface area contributed by atoms with Crippen molar-refractivity contribution in [3.8, 4) is 0 Å². The van der Waals surface area contributed by atoms with Gasteiger partial charge in [-0.2, -0.15) is 0 Å². The van der Waals surface area contributed by atoms with Crippen LogP contribution in [-0.2, 0) is 0 Å². The molecule has 0 spiro atoms. The molecule has 0 atom stereocenters. The Morgan fingerprint density at radius 1 is 1.27 bits per heavy atom. The molecule has 0 aliphatic rings. The predicted molar refractivity (Wildman–Crippen MR) is 70.1 cm³/mol. The number of hydrogen-bond acceptors (Lipinski definition) is 1. The summed E-state index contributed by atoms with van der Waals surface area (Å²) in [5.74, 6) is 0. The smallest absolute Gasteiger partial charge is 0.0230 e. The molecule has 0 rings (SSSR count). The van der Waals surface area contributed by atoms with Gasteiger partial charge in [-0.3, -0.25) is 4.90 Å². The average molecular weight is 207 g/mol. The van der Waals surface area contributed by atoms with Gasteiger partial charge < -0.3 is 0 Å². The Bertz CT molecular complexity index is 236. The standard InChI is InChI=1S/C14H25N/c1-6-11-15(8-3)12-14(7-2)10-9-13(4)5/h7,9-10H,4,6,8,11-12H2,1-3,5H3/b10-9-,14-7+. The molecule has 0 saturated heterocycles. The van der Waals surface area contributed by atoms with E-state index in [-0.39, 0.29) is 0 Å². The largest absolute Gasteiger partial charge is 0.299 e. The lowest BCUT2D eigenvalue weighted by molar-refractivity contribution is 0.315. The number of nitrogens with zero attached hydrogens (tertiary/aromatic N) is 1. The molecule has 0 amide bonds. The first-order valence-electron chi connectivity index (χ1n) is 5.85. The molecule has 0 aromatic heterocycles. The molecule has 0 heterocycles. The third kappa shape index (κ3) is 7.15. The molecule has 0 saturated carbocycles. The SMILES string of the molecule is C=C(C)/C=C\C(=C/C)CN(CC)CCC. The first-order valence-corrected chi connectivity index (χ1v) is 5.85. The summed E-state index contributed by atoms with van der Waals surface area (Å²) >= 11 is 0. The van der Waals surface area contributed by atoms with E-state index in [1.807, 2.05) is 6.92 Å². The van der Waals surface area contributed by atoms with Gasteiger partial charge in [0.05, 0.1) is 0 Å². The van der Waals surface area contributed by atoms with Crippen LogP contribution in [0.2, 0.25) is 0 Å². The van der Waals surface area contributed by atoms with Crippen molar-refractivity contribution < 1.29 is 0 Å². The molecular formula is C14H25N. The second kappa shape index (κ2) is 8.49. The summed E-state index contributed by atoms with van der Waals surface area (Å²) in [5, 5.41) is 0. The van der Waals surface area contributed by atoms with Crippen LogP contribution in [0.3, 0.4) is 0 Å².